The molecule has 14 heteroatoms. The van der Waals surface area contributed by atoms with Crippen molar-refractivity contribution in [3.8, 4) is 0 Å². The Morgan fingerprint density at radius 3 is 2.29 bits per heavy atom. The normalized spacial score (nSPS) is 18.3. The van der Waals surface area contributed by atoms with Crippen LogP contribution in [0.3, 0.4) is 0 Å². The van der Waals surface area contributed by atoms with Crippen LogP contribution in [0.2, 0.25) is 0 Å². The summed E-state index contributed by atoms with van der Waals surface area (Å²) in [4.78, 5) is 28.1. The van der Waals surface area contributed by atoms with Crippen molar-refractivity contribution in [1.82, 2.24) is 9.77 Å². The van der Waals surface area contributed by atoms with Crippen LogP contribution in [0.1, 0.15) is 6.42 Å². The summed E-state index contributed by atoms with van der Waals surface area (Å²) in [6.07, 6.45) is 9.68. The number of carbonyl (C=O) groups is 1. The third-order valence-corrected chi connectivity index (χ3v) is 8.50. The molecule has 186 valence electrons. The van der Waals surface area contributed by atoms with Crippen molar-refractivity contribution in [3.05, 3.63) is 72.0 Å². The molecule has 1 aromatic rings. The summed E-state index contributed by atoms with van der Waals surface area (Å²) in [7, 11) is -5.53. The number of sulfonamides is 2. The Morgan fingerprint density at radius 1 is 1.06 bits per heavy atom. The second-order valence-electron chi connectivity index (χ2n) is 7.14. The maximum atomic E-state index is 13.6. The van der Waals surface area contributed by atoms with Crippen molar-refractivity contribution in [2.24, 2.45) is 0 Å². The van der Waals surface area contributed by atoms with Gasteiger partial charge in [-0.25, -0.2) is 16.8 Å². The molecular formula is C21H21N3O7S4. The molecule has 0 bridgehead atoms. The summed E-state index contributed by atoms with van der Waals surface area (Å²) in [6.45, 7) is 0. The molecule has 0 fully saturated rings. The minimum Gasteiger partial charge on any atom is -0.290 e. The summed E-state index contributed by atoms with van der Waals surface area (Å²) in [6, 6.07) is 5.45. The second-order valence-corrected chi connectivity index (χ2v) is 11.5. The highest BCUT2D eigenvalue weighted by molar-refractivity contribution is 7.93. The van der Waals surface area contributed by atoms with E-state index in [4.69, 9.17) is 24.4 Å². The number of thiocarbonyl (C=S) groups is 2. The number of amides is 1. The topological polar surface area (TPSA) is 131 Å². The molecule has 0 saturated carbocycles. The Labute approximate surface area is 214 Å². The summed E-state index contributed by atoms with van der Waals surface area (Å²) < 4.78 is 49.1. The van der Waals surface area contributed by atoms with Gasteiger partial charge >= 0.3 is 0 Å². The van der Waals surface area contributed by atoms with E-state index in [-0.39, 0.29) is 21.0 Å². The van der Waals surface area contributed by atoms with Crippen LogP contribution >= 0.6 is 24.4 Å². The van der Waals surface area contributed by atoms with Gasteiger partial charge in [-0.2, -0.15) is 0 Å². The van der Waals surface area contributed by atoms with Gasteiger partial charge in [-0.1, -0.05) is 52.4 Å². The van der Waals surface area contributed by atoms with Gasteiger partial charge in [0.05, 0.1) is 30.4 Å². The molecule has 0 saturated heterocycles. The van der Waals surface area contributed by atoms with Crippen molar-refractivity contribution in [3.63, 3.8) is 0 Å². The molecule has 1 aromatic carbocycles. The minimum absolute atomic E-state index is 0.0217. The molecule has 0 aliphatic heterocycles. The highest BCUT2D eigenvalue weighted by Crippen LogP contribution is 2.28. The van der Waals surface area contributed by atoms with Gasteiger partial charge in [0.1, 0.15) is 5.25 Å². The number of rotatable bonds is 9. The zero-order chi connectivity index (χ0) is 25.8. The zero-order valence-corrected chi connectivity index (χ0v) is 21.8. The quantitative estimate of drug-likeness (QED) is 0.346. The minimum atomic E-state index is -3.95. The first-order valence-electron chi connectivity index (χ1n) is 9.88. The lowest BCUT2D eigenvalue weighted by molar-refractivity contribution is -0.114. The molecule has 2 aliphatic rings. The highest BCUT2D eigenvalue weighted by atomic mass is 32.2. The van der Waals surface area contributed by atoms with Gasteiger partial charge in [0.15, 0.2) is 0 Å². The van der Waals surface area contributed by atoms with E-state index in [1.54, 1.807) is 12.2 Å². The molecule has 2 aliphatic carbocycles. The van der Waals surface area contributed by atoms with Crippen molar-refractivity contribution >= 4 is 65.8 Å². The maximum absolute atomic E-state index is 13.6. The first-order chi connectivity index (χ1) is 16.5. The number of nitrogens with zero attached hydrogens (tertiary/aromatic N) is 1. The molecule has 0 aromatic heterocycles. The standard InChI is InChI=1S/C21H21N3O7S4/c1-30-22-34(26,27)16-10-7-14(8-11-16)24(21(25)17-5-3-4-6-18(17)32)15-9-12-20(19(33)13-15)35(28,29)23-31-2/h3-5,7-13,20,22-23H,6H2,1-2H3. The fourth-order valence-electron chi connectivity index (χ4n) is 3.29. The first kappa shape index (κ1) is 27.2. The lowest BCUT2D eigenvalue weighted by Crippen LogP contribution is -2.40. The Bertz CT molecular complexity index is 1380. The molecule has 10 nitrogen and oxygen atoms in total. The van der Waals surface area contributed by atoms with Crippen LogP contribution in [0.15, 0.2) is 76.9 Å². The van der Waals surface area contributed by atoms with E-state index in [9.17, 15) is 21.6 Å². The summed E-state index contributed by atoms with van der Waals surface area (Å²) >= 11 is 10.7. The average Bonchev–Trinajstić information content (AvgIpc) is 2.79. The van der Waals surface area contributed by atoms with Gasteiger partial charge in [0.25, 0.3) is 15.9 Å². The zero-order valence-electron chi connectivity index (χ0n) is 18.5. The first-order valence-corrected chi connectivity index (χ1v) is 13.7. The van der Waals surface area contributed by atoms with Crippen LogP contribution < -0.4 is 14.7 Å². The number of benzene rings is 1. The molecule has 0 radical (unpaired) electrons. The van der Waals surface area contributed by atoms with Crippen LogP contribution in [0.5, 0.6) is 0 Å². The fourth-order valence-corrected chi connectivity index (χ4v) is 5.93. The van der Waals surface area contributed by atoms with Crippen LogP contribution in [-0.2, 0) is 34.5 Å². The maximum Gasteiger partial charge on any atom is 0.263 e. The number of hydrogen-bond acceptors (Lipinski definition) is 9. The Hall–Kier alpha value is -2.43. The van der Waals surface area contributed by atoms with E-state index in [1.807, 2.05) is 15.8 Å². The molecule has 1 unspecified atom stereocenters. The third kappa shape index (κ3) is 6.05. The van der Waals surface area contributed by atoms with E-state index in [1.165, 1.54) is 54.5 Å². The molecular weight excluding hydrogens is 535 g/mol. The van der Waals surface area contributed by atoms with Crippen molar-refractivity contribution < 1.29 is 31.3 Å². The molecule has 2 N–H and O–H groups in total. The number of carbonyl (C=O) groups excluding carboxylic acids is 1. The van der Waals surface area contributed by atoms with Crippen molar-refractivity contribution in [2.45, 2.75) is 16.6 Å². The SMILES string of the molecule is CONS(=O)(=O)c1ccc(N(C(=O)C2=CC=CCC2=S)C2=CC(=S)C(S(=O)(=O)NOC)C=C2)cc1. The lowest BCUT2D eigenvalue weighted by Gasteiger charge is -2.28. The molecule has 35 heavy (non-hydrogen) atoms. The van der Waals surface area contributed by atoms with Gasteiger partial charge in [-0.15, -0.1) is 0 Å². The largest absolute Gasteiger partial charge is 0.290 e. The van der Waals surface area contributed by atoms with Gasteiger partial charge in [0, 0.05) is 21.8 Å². The van der Waals surface area contributed by atoms with E-state index in [0.717, 1.165) is 7.11 Å². The van der Waals surface area contributed by atoms with Crippen LogP contribution in [0.4, 0.5) is 5.69 Å². The molecule has 1 amide bonds. The fraction of sp³-hybridized carbons (Fsp3) is 0.190. The summed E-state index contributed by atoms with van der Waals surface area (Å²) in [5, 5.41) is -1.19. The molecule has 0 heterocycles. The van der Waals surface area contributed by atoms with Crippen LogP contribution in [-0.4, -0.2) is 51.9 Å². The van der Waals surface area contributed by atoms with Crippen molar-refractivity contribution in [2.75, 3.05) is 19.1 Å². The molecule has 0 spiro atoms. The summed E-state index contributed by atoms with van der Waals surface area (Å²) in [5.41, 5.74) is 0.851. The second kappa shape index (κ2) is 11.1. The smallest absolute Gasteiger partial charge is 0.263 e. The molecule has 3 rings (SSSR count). The molecule has 1 atom stereocenters. The number of anilines is 1. The van der Waals surface area contributed by atoms with Gasteiger partial charge < -0.3 is 0 Å². The number of nitrogens with one attached hydrogen (secondary N) is 2. The van der Waals surface area contributed by atoms with E-state index < -0.39 is 31.2 Å². The Morgan fingerprint density at radius 2 is 1.71 bits per heavy atom. The average molecular weight is 556 g/mol. The van der Waals surface area contributed by atoms with E-state index >= 15 is 0 Å². The van der Waals surface area contributed by atoms with Crippen LogP contribution in [0.25, 0.3) is 0 Å². The van der Waals surface area contributed by atoms with Gasteiger partial charge in [-0.3, -0.25) is 19.4 Å². The van der Waals surface area contributed by atoms with Gasteiger partial charge in [-0.05, 0) is 42.5 Å². The predicted octanol–water partition coefficient (Wildman–Crippen LogP) is 1.79. The summed E-state index contributed by atoms with van der Waals surface area (Å²) in [5.74, 6) is -0.486. The number of hydrogen-bond donors (Lipinski definition) is 2. The lowest BCUT2D eigenvalue weighted by atomic mass is 10.0. The monoisotopic (exact) mass is 555 g/mol. The predicted molar refractivity (Wildman–Crippen MR) is 138 cm³/mol. The Balaban J connectivity index is 2.05. The highest BCUT2D eigenvalue weighted by Gasteiger charge is 2.32. The Kier molecular flexibility index (Phi) is 8.61. The van der Waals surface area contributed by atoms with E-state index in [0.29, 0.717) is 17.0 Å². The number of allylic oxidation sites excluding steroid dienone is 5. The third-order valence-electron chi connectivity index (χ3n) is 4.84. The van der Waals surface area contributed by atoms with Crippen molar-refractivity contribution in [1.29, 1.82) is 0 Å². The van der Waals surface area contributed by atoms with E-state index in [2.05, 4.69) is 9.68 Å². The van der Waals surface area contributed by atoms with Gasteiger partial charge in [0.2, 0.25) is 10.0 Å². The van der Waals surface area contributed by atoms with Crippen LogP contribution in [0, 0.1) is 0 Å².